The minimum atomic E-state index is 0.0493. The lowest BCUT2D eigenvalue weighted by Gasteiger charge is -2.24. The van der Waals surface area contributed by atoms with Crippen LogP contribution in [0.5, 0.6) is 0 Å². The molecule has 5 heteroatoms. The Bertz CT molecular complexity index is 734. The maximum absolute atomic E-state index is 12.3. The summed E-state index contributed by atoms with van der Waals surface area (Å²) in [6, 6.07) is 14.4. The summed E-state index contributed by atoms with van der Waals surface area (Å²) in [6.45, 7) is 8.96. The minimum absolute atomic E-state index is 0.0493. The van der Waals surface area contributed by atoms with E-state index in [4.69, 9.17) is 0 Å². The fraction of sp³-hybridized carbons (Fsp3) is 0.455. The van der Waals surface area contributed by atoms with Gasteiger partial charge in [-0.25, -0.2) is 0 Å². The molecule has 1 atom stereocenters. The number of aryl methyl sites for hydroxylation is 1. The SMILES string of the molecule is Cc1cc(N2CCCN(CCC(=O)N[C@H](C)c3ccccc3)CC2)ccn1. The van der Waals surface area contributed by atoms with E-state index >= 15 is 0 Å². The summed E-state index contributed by atoms with van der Waals surface area (Å²) >= 11 is 0. The number of nitrogens with one attached hydrogen (secondary N) is 1. The van der Waals surface area contributed by atoms with Crippen LogP contribution in [0, 0.1) is 6.92 Å². The van der Waals surface area contributed by atoms with Crippen molar-refractivity contribution in [3.05, 3.63) is 59.9 Å². The lowest BCUT2D eigenvalue weighted by Crippen LogP contribution is -2.34. The molecule has 1 saturated heterocycles. The van der Waals surface area contributed by atoms with E-state index in [1.54, 1.807) is 0 Å². The number of aromatic nitrogens is 1. The van der Waals surface area contributed by atoms with Gasteiger partial charge in [0, 0.05) is 50.2 Å². The summed E-state index contributed by atoms with van der Waals surface area (Å²) in [5.41, 5.74) is 3.44. The first-order valence-corrected chi connectivity index (χ1v) is 9.86. The fourth-order valence-electron chi connectivity index (χ4n) is 3.58. The molecular weight excluding hydrogens is 336 g/mol. The van der Waals surface area contributed by atoms with Crippen molar-refractivity contribution in [3.8, 4) is 0 Å². The topological polar surface area (TPSA) is 48.5 Å². The average Bonchev–Trinajstić information content (AvgIpc) is 2.93. The Balaban J connectivity index is 1.44. The summed E-state index contributed by atoms with van der Waals surface area (Å²) in [5.74, 6) is 0.122. The Kier molecular flexibility index (Phi) is 6.82. The molecule has 1 fully saturated rings. The highest BCUT2D eigenvalue weighted by Crippen LogP contribution is 2.17. The zero-order valence-corrected chi connectivity index (χ0v) is 16.4. The second-order valence-corrected chi connectivity index (χ2v) is 7.29. The van der Waals surface area contributed by atoms with Gasteiger partial charge in [0.15, 0.2) is 0 Å². The third-order valence-electron chi connectivity index (χ3n) is 5.17. The number of pyridine rings is 1. The smallest absolute Gasteiger partial charge is 0.221 e. The quantitative estimate of drug-likeness (QED) is 0.853. The van der Waals surface area contributed by atoms with E-state index in [-0.39, 0.29) is 11.9 Å². The van der Waals surface area contributed by atoms with E-state index in [1.165, 1.54) is 5.69 Å². The van der Waals surface area contributed by atoms with Gasteiger partial charge in [-0.2, -0.15) is 0 Å². The molecule has 3 rings (SSSR count). The summed E-state index contributed by atoms with van der Waals surface area (Å²) in [5, 5.41) is 3.11. The molecule has 0 aliphatic carbocycles. The van der Waals surface area contributed by atoms with Gasteiger partial charge in [0.25, 0.3) is 0 Å². The second-order valence-electron chi connectivity index (χ2n) is 7.29. The third kappa shape index (κ3) is 5.79. The lowest BCUT2D eigenvalue weighted by molar-refractivity contribution is -0.122. The molecule has 5 nitrogen and oxygen atoms in total. The van der Waals surface area contributed by atoms with Gasteiger partial charge in [-0.15, -0.1) is 0 Å². The molecule has 0 spiro atoms. The lowest BCUT2D eigenvalue weighted by atomic mass is 10.1. The van der Waals surface area contributed by atoms with Crippen LogP contribution in [0.3, 0.4) is 0 Å². The van der Waals surface area contributed by atoms with Crippen molar-refractivity contribution in [2.45, 2.75) is 32.7 Å². The summed E-state index contributed by atoms with van der Waals surface area (Å²) in [4.78, 5) is 21.4. The Labute approximate surface area is 162 Å². The van der Waals surface area contributed by atoms with Crippen LogP contribution in [0.1, 0.15) is 37.1 Å². The maximum atomic E-state index is 12.3. The highest BCUT2D eigenvalue weighted by atomic mass is 16.1. The van der Waals surface area contributed by atoms with E-state index in [0.29, 0.717) is 6.42 Å². The van der Waals surface area contributed by atoms with Gasteiger partial charge in [-0.1, -0.05) is 30.3 Å². The molecule has 0 bridgehead atoms. The van der Waals surface area contributed by atoms with Crippen LogP contribution in [0.15, 0.2) is 48.7 Å². The monoisotopic (exact) mass is 366 g/mol. The van der Waals surface area contributed by atoms with Gasteiger partial charge < -0.3 is 15.1 Å². The molecular formula is C22H30N4O. The number of hydrogen-bond acceptors (Lipinski definition) is 4. The molecule has 2 heterocycles. The Hall–Kier alpha value is -2.40. The van der Waals surface area contributed by atoms with Crippen molar-refractivity contribution >= 4 is 11.6 Å². The summed E-state index contributed by atoms with van der Waals surface area (Å²) in [6.07, 6.45) is 3.54. The van der Waals surface area contributed by atoms with Crippen molar-refractivity contribution in [1.82, 2.24) is 15.2 Å². The molecule has 1 N–H and O–H groups in total. The van der Waals surface area contributed by atoms with Crippen LogP contribution in [0.4, 0.5) is 5.69 Å². The number of amides is 1. The second kappa shape index (κ2) is 9.51. The van der Waals surface area contributed by atoms with Crippen LogP contribution in [0.25, 0.3) is 0 Å². The molecule has 144 valence electrons. The van der Waals surface area contributed by atoms with Gasteiger partial charge in [0.1, 0.15) is 0 Å². The number of carbonyl (C=O) groups excluding carboxylic acids is 1. The maximum Gasteiger partial charge on any atom is 0.221 e. The zero-order chi connectivity index (χ0) is 19.1. The largest absolute Gasteiger partial charge is 0.370 e. The number of anilines is 1. The van der Waals surface area contributed by atoms with Crippen LogP contribution in [-0.2, 0) is 4.79 Å². The molecule has 27 heavy (non-hydrogen) atoms. The standard InChI is InChI=1S/C22H30N4O/c1-18-17-21(9-11-23-18)26-13-6-12-25(15-16-26)14-10-22(27)24-19(2)20-7-4-3-5-8-20/h3-5,7-9,11,17,19H,6,10,12-16H2,1-2H3,(H,24,27)/t19-/m1/s1. The molecule has 1 amide bonds. The number of carbonyl (C=O) groups is 1. The minimum Gasteiger partial charge on any atom is -0.370 e. The highest BCUT2D eigenvalue weighted by Gasteiger charge is 2.17. The number of benzene rings is 1. The van der Waals surface area contributed by atoms with Crippen molar-refractivity contribution in [1.29, 1.82) is 0 Å². The summed E-state index contributed by atoms with van der Waals surface area (Å²) < 4.78 is 0. The van der Waals surface area contributed by atoms with Gasteiger partial charge in [0.05, 0.1) is 6.04 Å². The fourth-order valence-corrected chi connectivity index (χ4v) is 3.58. The van der Waals surface area contributed by atoms with Gasteiger partial charge >= 0.3 is 0 Å². The molecule has 1 aliphatic heterocycles. The van der Waals surface area contributed by atoms with Crippen LogP contribution >= 0.6 is 0 Å². The predicted octanol–water partition coefficient (Wildman–Crippen LogP) is 3.17. The molecule has 0 radical (unpaired) electrons. The van der Waals surface area contributed by atoms with E-state index in [2.05, 4.69) is 44.4 Å². The van der Waals surface area contributed by atoms with Crippen LogP contribution in [-0.4, -0.2) is 48.5 Å². The average molecular weight is 367 g/mol. The van der Waals surface area contributed by atoms with Gasteiger partial charge in [-0.3, -0.25) is 9.78 Å². The zero-order valence-electron chi connectivity index (χ0n) is 16.4. The normalized spacial score (nSPS) is 16.6. The van der Waals surface area contributed by atoms with E-state index in [0.717, 1.165) is 50.4 Å². The van der Waals surface area contributed by atoms with Crippen LogP contribution < -0.4 is 10.2 Å². The molecule has 0 unspecified atom stereocenters. The Morgan fingerprint density at radius 2 is 1.96 bits per heavy atom. The first-order valence-electron chi connectivity index (χ1n) is 9.86. The Morgan fingerprint density at radius 1 is 1.15 bits per heavy atom. The van der Waals surface area contributed by atoms with E-state index in [9.17, 15) is 4.79 Å². The van der Waals surface area contributed by atoms with Gasteiger partial charge in [0.2, 0.25) is 5.91 Å². The molecule has 1 aromatic heterocycles. The number of hydrogen-bond donors (Lipinski definition) is 1. The van der Waals surface area contributed by atoms with Crippen molar-refractivity contribution < 1.29 is 4.79 Å². The number of nitrogens with zero attached hydrogens (tertiary/aromatic N) is 3. The molecule has 2 aromatic rings. The molecule has 1 aliphatic rings. The first kappa shape index (κ1) is 19.4. The van der Waals surface area contributed by atoms with Crippen LogP contribution in [0.2, 0.25) is 0 Å². The highest BCUT2D eigenvalue weighted by molar-refractivity contribution is 5.76. The summed E-state index contributed by atoms with van der Waals surface area (Å²) in [7, 11) is 0. The van der Waals surface area contributed by atoms with Crippen molar-refractivity contribution in [2.24, 2.45) is 0 Å². The number of rotatable bonds is 6. The van der Waals surface area contributed by atoms with Crippen molar-refractivity contribution in [3.63, 3.8) is 0 Å². The third-order valence-corrected chi connectivity index (χ3v) is 5.17. The van der Waals surface area contributed by atoms with E-state index < -0.39 is 0 Å². The van der Waals surface area contributed by atoms with Crippen molar-refractivity contribution in [2.75, 3.05) is 37.6 Å². The molecule has 0 saturated carbocycles. The first-order chi connectivity index (χ1) is 13.1. The van der Waals surface area contributed by atoms with E-state index in [1.807, 2.05) is 38.2 Å². The molecule has 1 aromatic carbocycles. The Morgan fingerprint density at radius 3 is 2.74 bits per heavy atom. The predicted molar refractivity (Wildman–Crippen MR) is 110 cm³/mol. The van der Waals surface area contributed by atoms with Gasteiger partial charge in [-0.05, 0) is 44.5 Å².